The number of hydrogen-bond acceptors (Lipinski definition) is 3. The van der Waals surface area contributed by atoms with Crippen molar-refractivity contribution in [1.82, 2.24) is 10.6 Å². The Hall–Kier alpha value is -0.120. The number of hydrogen-bond donors (Lipinski definition) is 2. The fourth-order valence-electron chi connectivity index (χ4n) is 4.59. The van der Waals surface area contributed by atoms with Crippen LogP contribution < -0.4 is 10.6 Å². The molecule has 0 aromatic carbocycles. The van der Waals surface area contributed by atoms with Crippen molar-refractivity contribution >= 4 is 0 Å². The van der Waals surface area contributed by atoms with Gasteiger partial charge in [0.15, 0.2) is 0 Å². The number of nitrogens with one attached hydrogen (secondary N) is 2. The average Bonchev–Trinajstić information content (AvgIpc) is 2.49. The zero-order valence-corrected chi connectivity index (χ0v) is 14.7. The van der Waals surface area contributed by atoms with E-state index in [2.05, 4.69) is 24.5 Å². The second kappa shape index (κ2) is 7.63. The first-order valence-corrected chi connectivity index (χ1v) is 9.73. The molecule has 22 heavy (non-hydrogen) atoms. The average molecular weight is 309 g/mol. The Labute approximate surface area is 137 Å². The molecule has 0 spiro atoms. The van der Waals surface area contributed by atoms with E-state index in [-0.39, 0.29) is 0 Å². The van der Waals surface area contributed by atoms with Crippen molar-refractivity contribution in [3.63, 3.8) is 0 Å². The second-order valence-corrected chi connectivity index (χ2v) is 8.49. The summed E-state index contributed by atoms with van der Waals surface area (Å²) in [4.78, 5) is 0. The molecule has 0 aromatic rings. The first-order chi connectivity index (χ1) is 10.7. The highest BCUT2D eigenvalue weighted by molar-refractivity contribution is 4.93. The number of ether oxygens (including phenoxy) is 1. The molecule has 1 saturated heterocycles. The van der Waals surface area contributed by atoms with Gasteiger partial charge in [-0.15, -0.1) is 0 Å². The second-order valence-electron chi connectivity index (χ2n) is 8.49. The molecule has 3 heteroatoms. The molecule has 4 atom stereocenters. The minimum atomic E-state index is 0.355. The lowest BCUT2D eigenvalue weighted by Crippen LogP contribution is -2.59. The predicted molar refractivity (Wildman–Crippen MR) is 92.1 cm³/mol. The lowest BCUT2D eigenvalue weighted by molar-refractivity contribution is -0.112. The highest BCUT2D eigenvalue weighted by Crippen LogP contribution is 2.30. The molecule has 128 valence electrons. The Bertz CT molecular complexity index is 314. The lowest BCUT2D eigenvalue weighted by Gasteiger charge is -2.45. The molecule has 0 unspecified atom stereocenters. The molecular formula is C19H36N2O. The van der Waals surface area contributed by atoms with Crippen LogP contribution in [-0.4, -0.2) is 38.4 Å². The topological polar surface area (TPSA) is 33.3 Å². The van der Waals surface area contributed by atoms with Crippen LogP contribution in [0.25, 0.3) is 0 Å². The van der Waals surface area contributed by atoms with E-state index in [1.807, 2.05) is 0 Å². The molecule has 1 aliphatic heterocycles. The van der Waals surface area contributed by atoms with Gasteiger partial charge in [-0.1, -0.05) is 39.5 Å². The first kappa shape index (κ1) is 16.7. The predicted octanol–water partition coefficient (Wildman–Crippen LogP) is 3.34. The van der Waals surface area contributed by atoms with Crippen molar-refractivity contribution in [2.24, 2.45) is 17.3 Å². The SMILES string of the molecule is C[C@@H]1CCCC[C@@H]1NCC1(CN[C@@H]2CCCC[C@H]2C)COC1. The monoisotopic (exact) mass is 308 g/mol. The largest absolute Gasteiger partial charge is 0.380 e. The quantitative estimate of drug-likeness (QED) is 0.789. The smallest absolute Gasteiger partial charge is 0.0569 e. The molecule has 1 heterocycles. The van der Waals surface area contributed by atoms with Gasteiger partial charge in [0.1, 0.15) is 0 Å². The zero-order chi connectivity index (χ0) is 15.4. The van der Waals surface area contributed by atoms with E-state index in [0.717, 1.165) is 50.2 Å². The molecule has 3 nitrogen and oxygen atoms in total. The van der Waals surface area contributed by atoms with Gasteiger partial charge in [0.25, 0.3) is 0 Å². The summed E-state index contributed by atoms with van der Waals surface area (Å²) in [5.41, 5.74) is 0.355. The van der Waals surface area contributed by atoms with Crippen molar-refractivity contribution in [3.8, 4) is 0 Å². The maximum Gasteiger partial charge on any atom is 0.0569 e. The molecule has 3 fully saturated rings. The van der Waals surface area contributed by atoms with Crippen LogP contribution in [0, 0.1) is 17.3 Å². The van der Waals surface area contributed by atoms with Crippen LogP contribution in [0.15, 0.2) is 0 Å². The van der Waals surface area contributed by atoms with E-state index in [1.54, 1.807) is 0 Å². The Morgan fingerprint density at radius 1 is 0.773 bits per heavy atom. The van der Waals surface area contributed by atoms with Gasteiger partial charge < -0.3 is 15.4 Å². The summed E-state index contributed by atoms with van der Waals surface area (Å²) in [6, 6.07) is 1.47. The summed E-state index contributed by atoms with van der Waals surface area (Å²) in [7, 11) is 0. The molecule has 2 N–H and O–H groups in total. The molecule has 0 radical (unpaired) electrons. The van der Waals surface area contributed by atoms with Gasteiger partial charge >= 0.3 is 0 Å². The van der Waals surface area contributed by atoms with E-state index >= 15 is 0 Å². The van der Waals surface area contributed by atoms with Gasteiger partial charge in [0.2, 0.25) is 0 Å². The van der Waals surface area contributed by atoms with E-state index in [0.29, 0.717) is 5.41 Å². The normalized spacial score (nSPS) is 38.5. The van der Waals surface area contributed by atoms with Crippen molar-refractivity contribution in [2.45, 2.75) is 77.3 Å². The molecule has 0 aromatic heterocycles. The van der Waals surface area contributed by atoms with E-state index in [1.165, 1.54) is 51.4 Å². The summed E-state index contributed by atoms with van der Waals surface area (Å²) >= 11 is 0. The summed E-state index contributed by atoms with van der Waals surface area (Å²) in [6.45, 7) is 8.99. The Balaban J connectivity index is 1.45. The minimum Gasteiger partial charge on any atom is -0.380 e. The maximum absolute atomic E-state index is 5.59. The van der Waals surface area contributed by atoms with Gasteiger partial charge in [-0.25, -0.2) is 0 Å². The van der Waals surface area contributed by atoms with Crippen molar-refractivity contribution in [2.75, 3.05) is 26.3 Å². The van der Waals surface area contributed by atoms with Crippen LogP contribution in [0.3, 0.4) is 0 Å². The van der Waals surface area contributed by atoms with Crippen molar-refractivity contribution < 1.29 is 4.74 Å². The van der Waals surface area contributed by atoms with E-state index < -0.39 is 0 Å². The molecule has 3 rings (SSSR count). The molecule has 3 aliphatic rings. The minimum absolute atomic E-state index is 0.355. The van der Waals surface area contributed by atoms with Crippen LogP contribution in [0.4, 0.5) is 0 Å². The van der Waals surface area contributed by atoms with Crippen LogP contribution in [-0.2, 0) is 4.74 Å². The van der Waals surface area contributed by atoms with Gasteiger partial charge in [0.05, 0.1) is 13.2 Å². The first-order valence-electron chi connectivity index (χ1n) is 9.73. The fraction of sp³-hybridized carbons (Fsp3) is 1.00. The van der Waals surface area contributed by atoms with Crippen LogP contribution in [0.5, 0.6) is 0 Å². The van der Waals surface area contributed by atoms with Crippen molar-refractivity contribution in [1.29, 1.82) is 0 Å². The zero-order valence-electron chi connectivity index (χ0n) is 14.7. The highest BCUT2D eigenvalue weighted by atomic mass is 16.5. The summed E-state index contributed by atoms with van der Waals surface area (Å²) in [6.07, 6.45) is 11.2. The summed E-state index contributed by atoms with van der Waals surface area (Å²) in [5.74, 6) is 1.69. The standard InChI is InChI=1S/C19H36N2O/c1-15-7-3-5-9-17(15)20-11-19(13-22-14-19)12-21-18-10-6-4-8-16(18)2/h15-18,20-21H,3-14H2,1-2H3/t15-,16-,17-,18+/m1/s1. The van der Waals surface area contributed by atoms with Crippen LogP contribution >= 0.6 is 0 Å². The Morgan fingerprint density at radius 2 is 1.23 bits per heavy atom. The van der Waals surface area contributed by atoms with E-state index in [9.17, 15) is 0 Å². The van der Waals surface area contributed by atoms with Crippen molar-refractivity contribution in [3.05, 3.63) is 0 Å². The molecule has 0 bridgehead atoms. The molecule has 2 saturated carbocycles. The fourth-order valence-corrected chi connectivity index (χ4v) is 4.59. The maximum atomic E-state index is 5.59. The van der Waals surface area contributed by atoms with E-state index in [4.69, 9.17) is 4.74 Å². The summed E-state index contributed by atoms with van der Waals surface area (Å²) in [5, 5.41) is 7.79. The molecule has 0 amide bonds. The summed E-state index contributed by atoms with van der Waals surface area (Å²) < 4.78 is 5.59. The third-order valence-corrected chi connectivity index (χ3v) is 6.52. The highest BCUT2D eigenvalue weighted by Gasteiger charge is 2.40. The molecular weight excluding hydrogens is 272 g/mol. The lowest BCUT2D eigenvalue weighted by atomic mass is 9.81. The third-order valence-electron chi connectivity index (χ3n) is 6.52. The van der Waals surface area contributed by atoms with Gasteiger partial charge in [0, 0.05) is 30.6 Å². The number of rotatable bonds is 6. The Morgan fingerprint density at radius 3 is 1.59 bits per heavy atom. The van der Waals surface area contributed by atoms with Crippen LogP contribution in [0.2, 0.25) is 0 Å². The molecule has 2 aliphatic carbocycles. The van der Waals surface area contributed by atoms with Gasteiger partial charge in [-0.2, -0.15) is 0 Å². The van der Waals surface area contributed by atoms with Gasteiger partial charge in [-0.3, -0.25) is 0 Å². The van der Waals surface area contributed by atoms with Crippen LogP contribution in [0.1, 0.15) is 65.2 Å². The van der Waals surface area contributed by atoms with Gasteiger partial charge in [-0.05, 0) is 37.5 Å². The third kappa shape index (κ3) is 4.04. The Kier molecular flexibility index (Phi) is 5.80.